The minimum Gasteiger partial charge on any atom is -0.496 e. The Kier molecular flexibility index (Phi) is 8.47. The number of fused-ring (bicyclic) bond motifs is 1. The van der Waals surface area contributed by atoms with Gasteiger partial charge in [0.15, 0.2) is 0 Å². The number of hydrogen-bond donors (Lipinski definition) is 0. The first kappa shape index (κ1) is 23.9. The molecular weight excluding hydrogens is 420 g/mol. The normalized spacial score (nSPS) is 11.2. The molecule has 0 aliphatic heterocycles. The Bertz CT molecular complexity index is 1130. The molecule has 6 nitrogen and oxygen atoms in total. The van der Waals surface area contributed by atoms with E-state index in [-0.39, 0.29) is 25.2 Å². The van der Waals surface area contributed by atoms with Gasteiger partial charge < -0.3 is 18.9 Å². The van der Waals surface area contributed by atoms with Gasteiger partial charge in [-0.1, -0.05) is 48.5 Å². The Morgan fingerprint density at radius 2 is 1.61 bits per heavy atom. The van der Waals surface area contributed by atoms with Gasteiger partial charge in [-0.2, -0.15) is 0 Å². The summed E-state index contributed by atoms with van der Waals surface area (Å²) in [5.41, 5.74) is 1.85. The first-order valence-corrected chi connectivity index (χ1v) is 10.9. The maximum atomic E-state index is 12.6. The van der Waals surface area contributed by atoms with Gasteiger partial charge in [-0.15, -0.1) is 0 Å². The molecule has 0 radical (unpaired) electrons. The Morgan fingerprint density at radius 3 is 2.30 bits per heavy atom. The Morgan fingerprint density at radius 1 is 0.848 bits per heavy atom. The molecule has 0 aliphatic rings. The summed E-state index contributed by atoms with van der Waals surface area (Å²) >= 11 is 0. The maximum absolute atomic E-state index is 12.6. The highest BCUT2D eigenvalue weighted by Gasteiger charge is 2.19. The van der Waals surface area contributed by atoms with Crippen molar-refractivity contribution in [3.05, 3.63) is 77.4 Å². The minimum absolute atomic E-state index is 0.194. The molecule has 0 fully saturated rings. The lowest BCUT2D eigenvalue weighted by molar-refractivity contribution is -0.145. The number of carbonyl (C=O) groups is 2. The van der Waals surface area contributed by atoms with Crippen molar-refractivity contribution in [3.8, 4) is 11.5 Å². The second-order valence-corrected chi connectivity index (χ2v) is 7.19. The van der Waals surface area contributed by atoms with E-state index < -0.39 is 11.9 Å². The van der Waals surface area contributed by atoms with E-state index >= 15 is 0 Å². The van der Waals surface area contributed by atoms with E-state index in [1.165, 1.54) is 0 Å². The van der Waals surface area contributed by atoms with Crippen LogP contribution in [0.25, 0.3) is 16.8 Å². The predicted molar refractivity (Wildman–Crippen MR) is 127 cm³/mol. The summed E-state index contributed by atoms with van der Waals surface area (Å²) < 4.78 is 22.0. The Labute approximate surface area is 193 Å². The zero-order chi connectivity index (χ0) is 23.6. The SMILES string of the molecule is CCOC(=O)C/C(=C\c1ccc2c(OC)cccc2c1OCc1ccccc1)C(=O)OCC. The monoisotopic (exact) mass is 448 g/mol. The molecule has 3 aromatic rings. The van der Waals surface area contributed by atoms with Gasteiger partial charge in [0.1, 0.15) is 18.1 Å². The van der Waals surface area contributed by atoms with E-state index in [1.54, 1.807) is 27.0 Å². The molecule has 0 amide bonds. The van der Waals surface area contributed by atoms with Crippen LogP contribution in [0.15, 0.2) is 66.2 Å². The van der Waals surface area contributed by atoms with Crippen LogP contribution in [0.5, 0.6) is 11.5 Å². The topological polar surface area (TPSA) is 71.1 Å². The molecule has 0 aliphatic carbocycles. The number of rotatable bonds is 10. The van der Waals surface area contributed by atoms with Crippen molar-refractivity contribution in [2.45, 2.75) is 26.9 Å². The molecule has 6 heteroatoms. The molecule has 0 saturated heterocycles. The molecule has 3 aromatic carbocycles. The summed E-state index contributed by atoms with van der Waals surface area (Å²) in [6.07, 6.45) is 1.44. The van der Waals surface area contributed by atoms with Gasteiger partial charge in [-0.25, -0.2) is 4.79 Å². The van der Waals surface area contributed by atoms with Crippen LogP contribution in [0.2, 0.25) is 0 Å². The van der Waals surface area contributed by atoms with Crippen molar-refractivity contribution in [2.75, 3.05) is 20.3 Å². The van der Waals surface area contributed by atoms with Crippen LogP contribution >= 0.6 is 0 Å². The van der Waals surface area contributed by atoms with Gasteiger partial charge in [-0.3, -0.25) is 4.79 Å². The molecule has 0 heterocycles. The Balaban J connectivity index is 2.10. The highest BCUT2D eigenvalue weighted by Crippen LogP contribution is 2.37. The van der Waals surface area contributed by atoms with Crippen molar-refractivity contribution in [3.63, 3.8) is 0 Å². The van der Waals surface area contributed by atoms with Crippen LogP contribution < -0.4 is 9.47 Å². The zero-order valence-corrected chi connectivity index (χ0v) is 19.1. The molecular formula is C27H28O6. The third-order valence-electron chi connectivity index (χ3n) is 4.96. The standard InChI is InChI=1S/C27H28O6/c1-4-31-25(28)17-21(27(29)32-5-2)16-20-14-15-22-23(12-9-13-24(22)30-3)26(20)33-18-19-10-7-6-8-11-19/h6-16H,4-5,17-18H2,1-3H3/b21-16+. The molecule has 3 rings (SSSR count). The van der Waals surface area contributed by atoms with Crippen LogP contribution in [-0.2, 0) is 25.7 Å². The largest absolute Gasteiger partial charge is 0.496 e. The first-order valence-electron chi connectivity index (χ1n) is 10.9. The predicted octanol–water partition coefficient (Wildman–Crippen LogP) is 5.33. The molecule has 172 valence electrons. The number of hydrogen-bond acceptors (Lipinski definition) is 6. The molecule has 0 bridgehead atoms. The van der Waals surface area contributed by atoms with Gasteiger partial charge in [0, 0.05) is 21.9 Å². The van der Waals surface area contributed by atoms with E-state index in [9.17, 15) is 9.59 Å². The molecule has 0 N–H and O–H groups in total. The van der Waals surface area contributed by atoms with Gasteiger partial charge in [0.2, 0.25) is 0 Å². The Hall–Kier alpha value is -3.80. The lowest BCUT2D eigenvalue weighted by Crippen LogP contribution is -2.13. The van der Waals surface area contributed by atoms with Crippen LogP contribution in [0.1, 0.15) is 31.4 Å². The van der Waals surface area contributed by atoms with E-state index in [2.05, 4.69) is 0 Å². The summed E-state index contributed by atoms with van der Waals surface area (Å²) in [6, 6.07) is 19.2. The van der Waals surface area contributed by atoms with Crippen LogP contribution in [0, 0.1) is 0 Å². The van der Waals surface area contributed by atoms with Crippen molar-refractivity contribution >= 4 is 28.8 Å². The number of methoxy groups -OCH3 is 1. The van der Waals surface area contributed by atoms with E-state index in [1.807, 2.05) is 60.7 Å². The van der Waals surface area contributed by atoms with Gasteiger partial charge >= 0.3 is 11.9 Å². The lowest BCUT2D eigenvalue weighted by atomic mass is 10.0. The second-order valence-electron chi connectivity index (χ2n) is 7.19. The van der Waals surface area contributed by atoms with E-state index in [4.69, 9.17) is 18.9 Å². The first-order chi connectivity index (χ1) is 16.1. The van der Waals surface area contributed by atoms with E-state index in [0.29, 0.717) is 23.7 Å². The summed E-state index contributed by atoms with van der Waals surface area (Å²) in [6.45, 7) is 4.21. The molecule has 33 heavy (non-hydrogen) atoms. The van der Waals surface area contributed by atoms with Crippen molar-refractivity contribution in [1.82, 2.24) is 0 Å². The average Bonchev–Trinajstić information content (AvgIpc) is 2.83. The number of carbonyl (C=O) groups excluding carboxylic acids is 2. The fourth-order valence-corrected chi connectivity index (χ4v) is 3.46. The number of ether oxygens (including phenoxy) is 4. The summed E-state index contributed by atoms with van der Waals surface area (Å²) in [4.78, 5) is 24.7. The molecule has 0 spiro atoms. The van der Waals surface area contributed by atoms with Gasteiger partial charge in [-0.05, 0) is 37.6 Å². The maximum Gasteiger partial charge on any atom is 0.334 e. The second kappa shape index (κ2) is 11.7. The number of benzene rings is 3. The summed E-state index contributed by atoms with van der Waals surface area (Å²) in [5, 5.41) is 1.71. The highest BCUT2D eigenvalue weighted by atomic mass is 16.5. The third-order valence-corrected chi connectivity index (χ3v) is 4.96. The third kappa shape index (κ3) is 6.13. The van der Waals surface area contributed by atoms with Crippen molar-refractivity contribution in [1.29, 1.82) is 0 Å². The average molecular weight is 449 g/mol. The minimum atomic E-state index is -0.565. The highest BCUT2D eigenvalue weighted by molar-refractivity contribution is 6.01. The number of esters is 2. The van der Waals surface area contributed by atoms with Crippen LogP contribution in [0.3, 0.4) is 0 Å². The van der Waals surface area contributed by atoms with Crippen LogP contribution in [-0.4, -0.2) is 32.3 Å². The van der Waals surface area contributed by atoms with Gasteiger partial charge in [0.25, 0.3) is 0 Å². The van der Waals surface area contributed by atoms with Gasteiger partial charge in [0.05, 0.1) is 26.7 Å². The van der Waals surface area contributed by atoms with E-state index in [0.717, 1.165) is 16.3 Å². The van der Waals surface area contributed by atoms with Crippen molar-refractivity contribution in [2.24, 2.45) is 0 Å². The molecule has 0 atom stereocenters. The zero-order valence-electron chi connectivity index (χ0n) is 19.1. The van der Waals surface area contributed by atoms with Crippen molar-refractivity contribution < 1.29 is 28.5 Å². The molecule has 0 unspecified atom stereocenters. The summed E-state index contributed by atoms with van der Waals surface area (Å²) in [5.74, 6) is 0.238. The quantitative estimate of drug-likeness (QED) is 0.309. The molecule has 0 saturated carbocycles. The lowest BCUT2D eigenvalue weighted by Gasteiger charge is -2.15. The fourth-order valence-electron chi connectivity index (χ4n) is 3.46. The van der Waals surface area contributed by atoms with Crippen LogP contribution in [0.4, 0.5) is 0 Å². The molecule has 0 aromatic heterocycles. The summed E-state index contributed by atoms with van der Waals surface area (Å²) in [7, 11) is 1.62. The fraction of sp³-hybridized carbons (Fsp3) is 0.259. The smallest absolute Gasteiger partial charge is 0.334 e.